The van der Waals surface area contributed by atoms with Gasteiger partial charge >= 0.3 is 0 Å². The van der Waals surface area contributed by atoms with Crippen LogP contribution < -0.4 is 15.1 Å². The number of nitrogens with one attached hydrogen (secondary N) is 1. The van der Waals surface area contributed by atoms with Crippen LogP contribution in [0.1, 0.15) is 5.56 Å². The highest BCUT2D eigenvalue weighted by atomic mass is 15.4. The van der Waals surface area contributed by atoms with Crippen molar-refractivity contribution in [1.82, 2.24) is 19.7 Å². The van der Waals surface area contributed by atoms with Crippen molar-refractivity contribution in [2.24, 2.45) is 7.05 Å². The van der Waals surface area contributed by atoms with Crippen LogP contribution in [0.25, 0.3) is 11.0 Å². The summed E-state index contributed by atoms with van der Waals surface area (Å²) in [5, 5.41) is 8.83. The van der Waals surface area contributed by atoms with Crippen LogP contribution in [0.3, 0.4) is 0 Å². The first kappa shape index (κ1) is 18.4. The fraction of sp³-hybridized carbons (Fsp3) is 0.261. The normalized spacial score (nSPS) is 14.3. The molecule has 2 aromatic heterocycles. The lowest BCUT2D eigenvalue weighted by Crippen LogP contribution is -2.47. The third-order valence-electron chi connectivity index (χ3n) is 5.57. The lowest BCUT2D eigenvalue weighted by Gasteiger charge is -2.36. The van der Waals surface area contributed by atoms with Gasteiger partial charge in [0.2, 0.25) is 5.95 Å². The highest BCUT2D eigenvalue weighted by Gasteiger charge is 2.21. The van der Waals surface area contributed by atoms with E-state index < -0.39 is 0 Å². The molecular formula is C23H25N7. The molecule has 1 fully saturated rings. The molecule has 0 unspecified atom stereocenters. The van der Waals surface area contributed by atoms with Crippen molar-refractivity contribution in [2.45, 2.75) is 6.54 Å². The molecule has 5 rings (SSSR count). The minimum atomic E-state index is 0.711. The number of rotatable bonds is 5. The first-order valence-electron chi connectivity index (χ1n) is 10.3. The lowest BCUT2D eigenvalue weighted by atomic mass is 10.2. The molecule has 152 valence electrons. The molecule has 0 radical (unpaired) electrons. The van der Waals surface area contributed by atoms with Gasteiger partial charge in [0, 0.05) is 45.5 Å². The van der Waals surface area contributed by atoms with E-state index in [2.05, 4.69) is 62.7 Å². The Hall–Kier alpha value is -3.61. The molecule has 7 nitrogen and oxygen atoms in total. The Morgan fingerprint density at radius 3 is 2.23 bits per heavy atom. The Labute approximate surface area is 176 Å². The standard InChI is InChI=1S/C23H25N7/c1-28-22-20(17-25-28)21(24-16-18-8-4-2-5-9-18)26-23(27-22)30-14-12-29(13-15-30)19-10-6-3-7-11-19/h2-11,17H,12-16H2,1H3,(H,24,26,27). The smallest absolute Gasteiger partial charge is 0.229 e. The molecule has 2 aromatic carbocycles. The molecule has 4 aromatic rings. The van der Waals surface area contributed by atoms with Gasteiger partial charge in [-0.3, -0.25) is 4.68 Å². The van der Waals surface area contributed by atoms with E-state index in [1.54, 1.807) is 0 Å². The van der Waals surface area contributed by atoms with Gasteiger partial charge in [-0.05, 0) is 17.7 Å². The van der Waals surface area contributed by atoms with E-state index in [9.17, 15) is 0 Å². The Bertz CT molecular complexity index is 1120. The molecule has 30 heavy (non-hydrogen) atoms. The number of hydrogen-bond acceptors (Lipinski definition) is 6. The average Bonchev–Trinajstić information content (AvgIpc) is 3.20. The molecule has 0 saturated carbocycles. The third kappa shape index (κ3) is 3.66. The summed E-state index contributed by atoms with van der Waals surface area (Å²) in [4.78, 5) is 14.4. The summed E-state index contributed by atoms with van der Waals surface area (Å²) < 4.78 is 1.81. The van der Waals surface area contributed by atoms with Crippen molar-refractivity contribution in [1.29, 1.82) is 0 Å². The fourth-order valence-corrected chi connectivity index (χ4v) is 3.87. The summed E-state index contributed by atoms with van der Waals surface area (Å²) in [6, 6.07) is 20.9. The van der Waals surface area contributed by atoms with Crippen molar-refractivity contribution < 1.29 is 0 Å². The highest BCUT2D eigenvalue weighted by Crippen LogP contribution is 2.25. The number of benzene rings is 2. The molecule has 0 bridgehead atoms. The lowest BCUT2D eigenvalue weighted by molar-refractivity contribution is 0.640. The summed E-state index contributed by atoms with van der Waals surface area (Å²) in [5.41, 5.74) is 3.33. The van der Waals surface area contributed by atoms with E-state index >= 15 is 0 Å². The minimum absolute atomic E-state index is 0.711. The van der Waals surface area contributed by atoms with E-state index in [0.29, 0.717) is 6.54 Å². The largest absolute Gasteiger partial charge is 0.368 e. The molecule has 1 saturated heterocycles. The number of aromatic nitrogens is 4. The van der Waals surface area contributed by atoms with Crippen LogP contribution in [0.2, 0.25) is 0 Å². The zero-order chi connectivity index (χ0) is 20.3. The zero-order valence-electron chi connectivity index (χ0n) is 17.1. The predicted molar refractivity (Wildman–Crippen MR) is 121 cm³/mol. The van der Waals surface area contributed by atoms with Crippen LogP contribution in [0, 0.1) is 0 Å². The number of aryl methyl sites for hydroxylation is 1. The second-order valence-corrected chi connectivity index (χ2v) is 7.53. The predicted octanol–water partition coefficient (Wildman–Crippen LogP) is 3.30. The quantitative estimate of drug-likeness (QED) is 0.556. The number of piperazine rings is 1. The van der Waals surface area contributed by atoms with Crippen LogP contribution in [0.5, 0.6) is 0 Å². The van der Waals surface area contributed by atoms with Crippen molar-refractivity contribution in [2.75, 3.05) is 41.3 Å². The van der Waals surface area contributed by atoms with Crippen molar-refractivity contribution >= 4 is 28.5 Å². The second-order valence-electron chi connectivity index (χ2n) is 7.53. The molecular weight excluding hydrogens is 374 g/mol. The van der Waals surface area contributed by atoms with Crippen LogP contribution in [-0.2, 0) is 13.6 Å². The monoisotopic (exact) mass is 399 g/mol. The van der Waals surface area contributed by atoms with Gasteiger partial charge in [-0.25, -0.2) is 0 Å². The van der Waals surface area contributed by atoms with E-state index in [1.165, 1.54) is 11.3 Å². The average molecular weight is 400 g/mol. The molecule has 0 amide bonds. The van der Waals surface area contributed by atoms with Crippen LogP contribution >= 0.6 is 0 Å². The van der Waals surface area contributed by atoms with E-state index in [4.69, 9.17) is 9.97 Å². The molecule has 0 atom stereocenters. The maximum atomic E-state index is 4.88. The van der Waals surface area contributed by atoms with Crippen molar-refractivity contribution in [3.8, 4) is 0 Å². The summed E-state index contributed by atoms with van der Waals surface area (Å²) in [6.45, 7) is 4.38. The highest BCUT2D eigenvalue weighted by molar-refractivity contribution is 5.87. The molecule has 0 spiro atoms. The van der Waals surface area contributed by atoms with Gasteiger partial charge < -0.3 is 15.1 Å². The summed E-state index contributed by atoms with van der Waals surface area (Å²) in [6.07, 6.45) is 1.83. The summed E-state index contributed by atoms with van der Waals surface area (Å²) >= 11 is 0. The van der Waals surface area contributed by atoms with Crippen LogP contribution in [0.15, 0.2) is 66.9 Å². The van der Waals surface area contributed by atoms with Gasteiger partial charge in [0.25, 0.3) is 0 Å². The Kier molecular flexibility index (Phi) is 4.93. The number of fused-ring (bicyclic) bond motifs is 1. The molecule has 1 N–H and O–H groups in total. The number of hydrogen-bond donors (Lipinski definition) is 1. The molecule has 7 heteroatoms. The SMILES string of the molecule is Cn1ncc2c(NCc3ccccc3)nc(N3CCN(c4ccccc4)CC3)nc21. The van der Waals surface area contributed by atoms with E-state index in [-0.39, 0.29) is 0 Å². The van der Waals surface area contributed by atoms with Gasteiger partial charge in [0.15, 0.2) is 5.65 Å². The maximum Gasteiger partial charge on any atom is 0.229 e. The third-order valence-corrected chi connectivity index (χ3v) is 5.57. The summed E-state index contributed by atoms with van der Waals surface area (Å²) in [7, 11) is 1.92. The number of nitrogens with zero attached hydrogens (tertiary/aromatic N) is 6. The molecule has 1 aliphatic heterocycles. The maximum absolute atomic E-state index is 4.88. The topological polar surface area (TPSA) is 62.1 Å². The molecule has 3 heterocycles. The van der Waals surface area contributed by atoms with Gasteiger partial charge in [0.05, 0.1) is 11.6 Å². The van der Waals surface area contributed by atoms with Gasteiger partial charge in [-0.15, -0.1) is 0 Å². The van der Waals surface area contributed by atoms with E-state index in [1.807, 2.05) is 36.1 Å². The number of anilines is 3. The Morgan fingerprint density at radius 2 is 1.50 bits per heavy atom. The van der Waals surface area contributed by atoms with Gasteiger partial charge in [-0.1, -0.05) is 48.5 Å². The van der Waals surface area contributed by atoms with Gasteiger partial charge in [-0.2, -0.15) is 15.1 Å². The van der Waals surface area contributed by atoms with Crippen LogP contribution in [0.4, 0.5) is 17.5 Å². The molecule has 0 aliphatic carbocycles. The molecule has 1 aliphatic rings. The van der Waals surface area contributed by atoms with Gasteiger partial charge in [0.1, 0.15) is 5.82 Å². The van der Waals surface area contributed by atoms with Crippen molar-refractivity contribution in [3.63, 3.8) is 0 Å². The number of para-hydroxylation sites is 1. The Balaban J connectivity index is 1.37. The summed E-state index contributed by atoms with van der Waals surface area (Å²) in [5.74, 6) is 1.59. The van der Waals surface area contributed by atoms with E-state index in [0.717, 1.165) is 49.0 Å². The Morgan fingerprint density at radius 1 is 0.833 bits per heavy atom. The first-order chi connectivity index (χ1) is 14.8. The minimum Gasteiger partial charge on any atom is -0.368 e. The first-order valence-corrected chi connectivity index (χ1v) is 10.3. The fourth-order valence-electron chi connectivity index (χ4n) is 3.87. The van der Waals surface area contributed by atoms with Crippen LogP contribution in [-0.4, -0.2) is 45.9 Å². The van der Waals surface area contributed by atoms with Crippen molar-refractivity contribution in [3.05, 3.63) is 72.4 Å². The second kappa shape index (κ2) is 8.02. The zero-order valence-corrected chi connectivity index (χ0v) is 17.1.